The summed E-state index contributed by atoms with van der Waals surface area (Å²) in [4.78, 5) is 25.8. The van der Waals surface area contributed by atoms with Gasteiger partial charge in [0.25, 0.3) is 5.56 Å². The molecular formula is C16H19ClN6O3. The maximum absolute atomic E-state index is 12.3. The summed E-state index contributed by atoms with van der Waals surface area (Å²) >= 11 is 6.04. The third-order valence-electron chi connectivity index (χ3n) is 4.89. The first-order valence-corrected chi connectivity index (χ1v) is 8.81. The normalized spacial score (nSPS) is 20.8. The highest BCUT2D eigenvalue weighted by atomic mass is 35.5. The van der Waals surface area contributed by atoms with Gasteiger partial charge >= 0.3 is 6.09 Å². The monoisotopic (exact) mass is 378 g/mol. The zero-order valence-corrected chi connectivity index (χ0v) is 15.0. The van der Waals surface area contributed by atoms with Gasteiger partial charge in [0.2, 0.25) is 0 Å². The summed E-state index contributed by atoms with van der Waals surface area (Å²) in [6.07, 6.45) is 6.89. The second kappa shape index (κ2) is 6.31. The molecule has 2 aliphatic rings. The second-order valence-electron chi connectivity index (χ2n) is 6.77. The van der Waals surface area contributed by atoms with Crippen molar-refractivity contribution in [3.8, 4) is 0 Å². The van der Waals surface area contributed by atoms with E-state index in [0.29, 0.717) is 25.2 Å². The van der Waals surface area contributed by atoms with Crippen molar-refractivity contribution in [2.24, 2.45) is 7.05 Å². The molecule has 1 unspecified atom stereocenters. The number of nitrogens with one attached hydrogen (secondary N) is 2. The Labute approximate surface area is 154 Å². The van der Waals surface area contributed by atoms with Crippen LogP contribution in [0.4, 0.5) is 10.5 Å². The van der Waals surface area contributed by atoms with Gasteiger partial charge in [-0.3, -0.25) is 9.48 Å². The number of hydrogen-bond acceptors (Lipinski definition) is 6. The average molecular weight is 379 g/mol. The predicted molar refractivity (Wildman–Crippen MR) is 94.2 cm³/mol. The molecule has 3 heterocycles. The van der Waals surface area contributed by atoms with Crippen LogP contribution in [0.3, 0.4) is 0 Å². The average Bonchev–Trinajstić information content (AvgIpc) is 3.01. The summed E-state index contributed by atoms with van der Waals surface area (Å²) in [6, 6.07) is 0. The van der Waals surface area contributed by atoms with Crippen LogP contribution in [0.15, 0.2) is 23.4 Å². The minimum atomic E-state index is -0.437. The van der Waals surface area contributed by atoms with Gasteiger partial charge in [0.05, 0.1) is 30.2 Å². The molecule has 0 bridgehead atoms. The van der Waals surface area contributed by atoms with Crippen molar-refractivity contribution in [2.45, 2.75) is 30.9 Å². The quantitative estimate of drug-likeness (QED) is 0.826. The van der Waals surface area contributed by atoms with E-state index < -0.39 is 11.7 Å². The summed E-state index contributed by atoms with van der Waals surface area (Å²) in [7, 11) is 1.85. The lowest BCUT2D eigenvalue weighted by Gasteiger charge is -2.20. The van der Waals surface area contributed by atoms with Crippen molar-refractivity contribution in [1.82, 2.24) is 25.3 Å². The first-order chi connectivity index (χ1) is 12.5. The molecule has 2 N–H and O–H groups in total. The van der Waals surface area contributed by atoms with Crippen LogP contribution in [0.5, 0.6) is 0 Å². The zero-order valence-electron chi connectivity index (χ0n) is 14.2. The number of aromatic amines is 1. The molecule has 1 amide bonds. The Morgan fingerprint density at radius 2 is 2.27 bits per heavy atom. The van der Waals surface area contributed by atoms with Gasteiger partial charge in [0, 0.05) is 31.8 Å². The highest BCUT2D eigenvalue weighted by Crippen LogP contribution is 2.45. The number of rotatable bonds is 4. The summed E-state index contributed by atoms with van der Waals surface area (Å²) in [5.74, 6) is 0. The smallest absolute Gasteiger partial charge is 0.408 e. The van der Waals surface area contributed by atoms with Crippen molar-refractivity contribution in [3.05, 3.63) is 39.5 Å². The molecule has 26 heavy (non-hydrogen) atoms. The number of ether oxygens (including phenoxy) is 1. The van der Waals surface area contributed by atoms with Gasteiger partial charge < -0.3 is 15.0 Å². The van der Waals surface area contributed by atoms with E-state index in [1.54, 1.807) is 10.9 Å². The van der Waals surface area contributed by atoms with E-state index in [2.05, 4.69) is 20.6 Å². The Balaban J connectivity index is 1.36. The van der Waals surface area contributed by atoms with Crippen LogP contribution in [0.2, 0.25) is 5.02 Å². The largest absolute Gasteiger partial charge is 0.444 e. The van der Waals surface area contributed by atoms with Crippen molar-refractivity contribution in [2.75, 3.05) is 18.0 Å². The van der Waals surface area contributed by atoms with Gasteiger partial charge in [-0.25, -0.2) is 9.89 Å². The summed E-state index contributed by atoms with van der Waals surface area (Å²) in [6.45, 7) is 1.11. The van der Waals surface area contributed by atoms with Crippen LogP contribution in [-0.4, -0.2) is 45.3 Å². The molecule has 1 atom stereocenters. The van der Waals surface area contributed by atoms with Gasteiger partial charge in [-0.15, -0.1) is 0 Å². The SMILES string of the molecule is Cn1cc(C2(NC(=O)OC3CCN(c4cn[nH]c(=O)c4Cl)C3)CC2)cn1. The minimum absolute atomic E-state index is 0.0959. The van der Waals surface area contributed by atoms with Crippen LogP contribution in [-0.2, 0) is 17.3 Å². The molecule has 2 fully saturated rings. The lowest BCUT2D eigenvalue weighted by molar-refractivity contribution is 0.103. The van der Waals surface area contributed by atoms with E-state index in [-0.39, 0.29) is 16.7 Å². The number of nitrogens with zero attached hydrogens (tertiary/aromatic N) is 4. The van der Waals surface area contributed by atoms with E-state index in [1.807, 2.05) is 18.1 Å². The summed E-state index contributed by atoms with van der Waals surface area (Å²) in [5.41, 5.74) is 0.754. The van der Waals surface area contributed by atoms with E-state index >= 15 is 0 Å². The first-order valence-electron chi connectivity index (χ1n) is 8.43. The van der Waals surface area contributed by atoms with Crippen molar-refractivity contribution < 1.29 is 9.53 Å². The number of H-pyrrole nitrogens is 1. The molecule has 10 heteroatoms. The molecule has 1 saturated carbocycles. The van der Waals surface area contributed by atoms with Crippen LogP contribution in [0, 0.1) is 0 Å². The maximum atomic E-state index is 12.3. The van der Waals surface area contributed by atoms with E-state index in [1.165, 1.54) is 6.20 Å². The number of amides is 1. The van der Waals surface area contributed by atoms with Crippen molar-refractivity contribution in [3.63, 3.8) is 0 Å². The fraction of sp³-hybridized carbons (Fsp3) is 0.500. The highest BCUT2D eigenvalue weighted by molar-refractivity contribution is 6.33. The van der Waals surface area contributed by atoms with Gasteiger partial charge in [-0.2, -0.15) is 10.2 Å². The number of halogens is 1. The fourth-order valence-corrected chi connectivity index (χ4v) is 3.50. The molecule has 1 aliphatic heterocycles. The number of alkyl carbamates (subject to hydrolysis) is 1. The number of aryl methyl sites for hydroxylation is 1. The highest BCUT2D eigenvalue weighted by Gasteiger charge is 2.47. The molecule has 0 spiro atoms. The molecule has 9 nitrogen and oxygen atoms in total. The van der Waals surface area contributed by atoms with Crippen molar-refractivity contribution in [1.29, 1.82) is 0 Å². The molecule has 4 rings (SSSR count). The summed E-state index contributed by atoms with van der Waals surface area (Å²) in [5, 5.41) is 13.3. The van der Waals surface area contributed by atoms with Crippen LogP contribution in [0.1, 0.15) is 24.8 Å². The standard InChI is InChI=1S/C16H19ClN6O3/c1-22-8-10(6-19-22)16(3-4-16)20-15(25)26-11-2-5-23(9-11)12-7-18-21-14(24)13(12)17/h6-8,11H,2-5,9H2,1H3,(H,20,25)(H,21,24). The predicted octanol–water partition coefficient (Wildman–Crippen LogP) is 1.15. The van der Waals surface area contributed by atoms with Crippen LogP contribution < -0.4 is 15.8 Å². The third kappa shape index (κ3) is 3.14. The third-order valence-corrected chi connectivity index (χ3v) is 5.25. The minimum Gasteiger partial charge on any atom is -0.444 e. The molecule has 1 saturated heterocycles. The zero-order chi connectivity index (χ0) is 18.3. The molecule has 138 valence electrons. The molecule has 2 aromatic heterocycles. The Bertz CT molecular complexity index is 890. The Morgan fingerprint density at radius 3 is 2.96 bits per heavy atom. The Hall–Kier alpha value is -2.55. The molecule has 2 aromatic rings. The number of aromatic nitrogens is 4. The van der Waals surface area contributed by atoms with Gasteiger partial charge in [0.1, 0.15) is 11.1 Å². The van der Waals surface area contributed by atoms with Crippen molar-refractivity contribution >= 4 is 23.4 Å². The molecule has 0 radical (unpaired) electrons. The van der Waals surface area contributed by atoms with Gasteiger partial charge in [0.15, 0.2) is 0 Å². The first kappa shape index (κ1) is 16.9. The van der Waals surface area contributed by atoms with Crippen LogP contribution in [0.25, 0.3) is 0 Å². The Kier molecular flexibility index (Phi) is 4.10. The molecule has 0 aromatic carbocycles. The topological polar surface area (TPSA) is 105 Å². The van der Waals surface area contributed by atoms with E-state index in [0.717, 1.165) is 18.4 Å². The van der Waals surface area contributed by atoms with Gasteiger partial charge in [-0.1, -0.05) is 11.6 Å². The molecular weight excluding hydrogens is 360 g/mol. The van der Waals surface area contributed by atoms with E-state index in [4.69, 9.17) is 16.3 Å². The Morgan fingerprint density at radius 1 is 1.46 bits per heavy atom. The maximum Gasteiger partial charge on any atom is 0.408 e. The lowest BCUT2D eigenvalue weighted by atomic mass is 10.1. The number of carbonyl (C=O) groups excluding carboxylic acids is 1. The number of anilines is 1. The van der Waals surface area contributed by atoms with Crippen LogP contribution >= 0.6 is 11.6 Å². The van der Waals surface area contributed by atoms with Gasteiger partial charge in [-0.05, 0) is 12.8 Å². The molecule has 1 aliphatic carbocycles. The second-order valence-corrected chi connectivity index (χ2v) is 7.15. The fourth-order valence-electron chi connectivity index (χ4n) is 3.29. The number of hydrogen-bond donors (Lipinski definition) is 2. The lowest BCUT2D eigenvalue weighted by Crippen LogP contribution is -2.38. The number of carbonyl (C=O) groups is 1. The van der Waals surface area contributed by atoms with E-state index in [9.17, 15) is 9.59 Å². The summed E-state index contributed by atoms with van der Waals surface area (Å²) < 4.78 is 7.29.